The van der Waals surface area contributed by atoms with Crippen LogP contribution in [0.4, 0.5) is 5.69 Å². The van der Waals surface area contributed by atoms with E-state index in [1.54, 1.807) is 29.2 Å². The molecule has 0 spiro atoms. The Kier molecular flexibility index (Phi) is 5.93. The van der Waals surface area contributed by atoms with Gasteiger partial charge in [0.2, 0.25) is 11.8 Å². The van der Waals surface area contributed by atoms with Gasteiger partial charge >= 0.3 is 0 Å². The fraction of sp³-hybridized carbons (Fsp3) is 0.286. The predicted molar refractivity (Wildman–Crippen MR) is 105 cm³/mol. The number of ether oxygens (including phenoxy) is 1. The number of nitrogens with zero attached hydrogens (tertiary/aromatic N) is 1. The Labute approximate surface area is 163 Å². The fourth-order valence-electron chi connectivity index (χ4n) is 3.36. The minimum Gasteiger partial charge on any atom is -0.496 e. The Morgan fingerprint density at radius 3 is 2.50 bits per heavy atom. The number of carbonyl (C=O) groups excluding carboxylic acids is 3. The van der Waals surface area contributed by atoms with Crippen molar-refractivity contribution in [1.82, 2.24) is 10.6 Å². The molecule has 2 unspecified atom stereocenters. The van der Waals surface area contributed by atoms with Crippen LogP contribution in [0, 0.1) is 0 Å². The average molecular weight is 381 g/mol. The number of hydrogen-bond acceptors (Lipinski definition) is 4. The molecule has 2 N–H and O–H groups in total. The number of rotatable bonds is 6. The highest BCUT2D eigenvalue weighted by Gasteiger charge is 2.38. The summed E-state index contributed by atoms with van der Waals surface area (Å²) in [7, 11) is 1.48. The second-order valence-corrected chi connectivity index (χ2v) is 6.63. The van der Waals surface area contributed by atoms with Gasteiger partial charge in [0.25, 0.3) is 5.91 Å². The van der Waals surface area contributed by atoms with E-state index in [-0.39, 0.29) is 18.5 Å². The zero-order valence-electron chi connectivity index (χ0n) is 15.8. The summed E-state index contributed by atoms with van der Waals surface area (Å²) in [6.07, 6.45) is 0.514. The highest BCUT2D eigenvalue weighted by molar-refractivity contribution is 6.03. The molecular weight excluding hydrogens is 358 g/mol. The van der Waals surface area contributed by atoms with Gasteiger partial charge in [-0.2, -0.15) is 0 Å². The van der Waals surface area contributed by atoms with Crippen molar-refractivity contribution in [2.45, 2.75) is 25.4 Å². The topological polar surface area (TPSA) is 87.7 Å². The maximum absolute atomic E-state index is 12.7. The minimum absolute atomic E-state index is 0.0247. The van der Waals surface area contributed by atoms with Crippen molar-refractivity contribution in [2.75, 3.05) is 18.6 Å². The van der Waals surface area contributed by atoms with Gasteiger partial charge in [0.15, 0.2) is 0 Å². The first-order valence-corrected chi connectivity index (χ1v) is 9.10. The van der Waals surface area contributed by atoms with Gasteiger partial charge in [0.1, 0.15) is 11.8 Å². The second kappa shape index (κ2) is 8.56. The van der Waals surface area contributed by atoms with Crippen molar-refractivity contribution in [3.63, 3.8) is 0 Å². The van der Waals surface area contributed by atoms with Gasteiger partial charge in [-0.05, 0) is 37.6 Å². The third-order valence-corrected chi connectivity index (χ3v) is 4.68. The lowest BCUT2D eigenvalue weighted by Crippen LogP contribution is -2.45. The van der Waals surface area contributed by atoms with Crippen molar-refractivity contribution >= 4 is 23.4 Å². The molecule has 1 heterocycles. The Morgan fingerprint density at radius 2 is 1.79 bits per heavy atom. The van der Waals surface area contributed by atoms with E-state index in [1.165, 1.54) is 7.11 Å². The normalized spacial score (nSPS) is 18.6. The van der Waals surface area contributed by atoms with Crippen LogP contribution in [0.1, 0.15) is 23.7 Å². The molecule has 0 radical (unpaired) electrons. The fourth-order valence-corrected chi connectivity index (χ4v) is 3.36. The van der Waals surface area contributed by atoms with Crippen LogP contribution in [0.15, 0.2) is 54.6 Å². The number of benzene rings is 2. The molecule has 0 aromatic heterocycles. The SMILES string of the molecule is COc1ccccc1C(=O)NCC(=O)NC1CC(C)N(c2ccccc2)C1=O. The van der Waals surface area contributed by atoms with Crippen molar-refractivity contribution in [3.8, 4) is 5.75 Å². The molecule has 1 aliphatic rings. The summed E-state index contributed by atoms with van der Waals surface area (Å²) in [5.41, 5.74) is 1.15. The van der Waals surface area contributed by atoms with E-state index >= 15 is 0 Å². The van der Waals surface area contributed by atoms with Gasteiger partial charge in [-0.3, -0.25) is 14.4 Å². The molecule has 0 saturated carbocycles. The van der Waals surface area contributed by atoms with Crippen molar-refractivity contribution in [3.05, 3.63) is 60.2 Å². The van der Waals surface area contributed by atoms with Gasteiger partial charge in [-0.15, -0.1) is 0 Å². The van der Waals surface area contributed by atoms with Crippen molar-refractivity contribution in [2.24, 2.45) is 0 Å². The molecule has 7 heteroatoms. The molecule has 2 aromatic carbocycles. The predicted octanol–water partition coefficient (Wildman–Crippen LogP) is 1.74. The summed E-state index contributed by atoms with van der Waals surface area (Å²) in [6, 6.07) is 15.5. The van der Waals surface area contributed by atoms with Crippen LogP contribution >= 0.6 is 0 Å². The van der Waals surface area contributed by atoms with E-state index < -0.39 is 17.9 Å². The highest BCUT2D eigenvalue weighted by Crippen LogP contribution is 2.26. The smallest absolute Gasteiger partial charge is 0.255 e. The van der Waals surface area contributed by atoms with Crippen LogP contribution in [0.3, 0.4) is 0 Å². The molecule has 28 heavy (non-hydrogen) atoms. The van der Waals surface area contributed by atoms with Gasteiger partial charge < -0.3 is 20.3 Å². The standard InChI is InChI=1S/C21H23N3O4/c1-14-12-17(21(27)24(14)15-8-4-3-5-9-15)23-19(25)13-22-20(26)16-10-6-7-11-18(16)28-2/h3-11,14,17H,12-13H2,1-2H3,(H,22,26)(H,23,25). The van der Waals surface area contributed by atoms with Crippen LogP contribution in [-0.2, 0) is 9.59 Å². The monoisotopic (exact) mass is 381 g/mol. The molecular formula is C21H23N3O4. The third-order valence-electron chi connectivity index (χ3n) is 4.68. The largest absolute Gasteiger partial charge is 0.496 e. The van der Waals surface area contributed by atoms with Crippen LogP contribution in [0.2, 0.25) is 0 Å². The number of methoxy groups -OCH3 is 1. The lowest BCUT2D eigenvalue weighted by Gasteiger charge is -2.21. The maximum atomic E-state index is 12.7. The van der Waals surface area contributed by atoms with Gasteiger partial charge in [-0.25, -0.2) is 0 Å². The van der Waals surface area contributed by atoms with E-state index in [9.17, 15) is 14.4 Å². The van der Waals surface area contributed by atoms with Crippen LogP contribution in [0.25, 0.3) is 0 Å². The van der Waals surface area contributed by atoms with Crippen LogP contribution < -0.4 is 20.3 Å². The molecule has 1 aliphatic heterocycles. The number of amides is 3. The molecule has 2 aromatic rings. The average Bonchev–Trinajstić information content (AvgIpc) is 2.99. The third kappa shape index (κ3) is 4.14. The quantitative estimate of drug-likeness (QED) is 0.798. The van der Waals surface area contributed by atoms with E-state index in [0.717, 1.165) is 5.69 Å². The molecule has 0 aliphatic carbocycles. The molecule has 1 saturated heterocycles. The number of hydrogen-bond donors (Lipinski definition) is 2. The lowest BCUT2D eigenvalue weighted by atomic mass is 10.2. The van der Waals surface area contributed by atoms with E-state index in [2.05, 4.69) is 10.6 Å². The molecule has 146 valence electrons. The van der Waals surface area contributed by atoms with E-state index in [0.29, 0.717) is 17.7 Å². The second-order valence-electron chi connectivity index (χ2n) is 6.63. The van der Waals surface area contributed by atoms with Crippen LogP contribution in [0.5, 0.6) is 5.75 Å². The first-order chi connectivity index (χ1) is 13.5. The first kappa shape index (κ1) is 19.4. The Morgan fingerprint density at radius 1 is 1.11 bits per heavy atom. The molecule has 1 fully saturated rings. The molecule has 3 amide bonds. The molecule has 0 bridgehead atoms. The maximum Gasteiger partial charge on any atom is 0.255 e. The number of anilines is 1. The zero-order valence-corrected chi connectivity index (χ0v) is 15.8. The van der Waals surface area contributed by atoms with Gasteiger partial charge in [0, 0.05) is 11.7 Å². The summed E-state index contributed by atoms with van der Waals surface area (Å²) in [4.78, 5) is 38.9. The van der Waals surface area contributed by atoms with Gasteiger partial charge in [0.05, 0.1) is 19.2 Å². The summed E-state index contributed by atoms with van der Waals surface area (Å²) in [5.74, 6) is -0.546. The summed E-state index contributed by atoms with van der Waals surface area (Å²) in [6.45, 7) is 1.72. The molecule has 7 nitrogen and oxygen atoms in total. The Hall–Kier alpha value is -3.35. The number of para-hydroxylation sites is 2. The van der Waals surface area contributed by atoms with E-state index in [1.807, 2.05) is 37.3 Å². The minimum atomic E-state index is -0.606. The molecule has 3 rings (SSSR count). The lowest BCUT2D eigenvalue weighted by molar-refractivity contribution is -0.125. The van der Waals surface area contributed by atoms with E-state index in [4.69, 9.17) is 4.74 Å². The number of nitrogens with one attached hydrogen (secondary N) is 2. The zero-order chi connectivity index (χ0) is 20.1. The summed E-state index contributed by atoms with van der Waals surface area (Å²) in [5, 5.41) is 5.28. The Balaban J connectivity index is 1.57. The molecule has 2 atom stereocenters. The highest BCUT2D eigenvalue weighted by atomic mass is 16.5. The Bertz CT molecular complexity index is 869. The summed E-state index contributed by atoms with van der Waals surface area (Å²) < 4.78 is 5.15. The van der Waals surface area contributed by atoms with Crippen molar-refractivity contribution < 1.29 is 19.1 Å². The first-order valence-electron chi connectivity index (χ1n) is 9.10. The summed E-state index contributed by atoms with van der Waals surface area (Å²) >= 11 is 0. The number of carbonyl (C=O) groups is 3. The van der Waals surface area contributed by atoms with Gasteiger partial charge in [-0.1, -0.05) is 30.3 Å². The van der Waals surface area contributed by atoms with Crippen molar-refractivity contribution in [1.29, 1.82) is 0 Å². The van der Waals surface area contributed by atoms with Crippen LogP contribution in [-0.4, -0.2) is 43.5 Å².